The standard InChI is InChI=1S/C14H18FN3O/c15-12-3-10(5-17-6-12)14(19)18-7-9-1-2-13(16)4-11(9)8-18/h3,5-6,9,11,13H,1-2,4,7-8,16H2/t9-,11+,13?/m1/s1. The van der Waals surface area contributed by atoms with E-state index in [9.17, 15) is 9.18 Å². The summed E-state index contributed by atoms with van der Waals surface area (Å²) >= 11 is 0. The summed E-state index contributed by atoms with van der Waals surface area (Å²) in [6, 6.07) is 1.52. The third-order valence-corrected chi connectivity index (χ3v) is 4.33. The molecular formula is C14H18FN3O. The van der Waals surface area contributed by atoms with Gasteiger partial charge in [0, 0.05) is 25.3 Å². The molecule has 0 aromatic carbocycles. The zero-order valence-corrected chi connectivity index (χ0v) is 10.8. The molecule has 1 saturated heterocycles. The minimum Gasteiger partial charge on any atom is -0.338 e. The van der Waals surface area contributed by atoms with Gasteiger partial charge < -0.3 is 10.6 Å². The van der Waals surface area contributed by atoms with Crippen LogP contribution < -0.4 is 5.73 Å². The van der Waals surface area contributed by atoms with E-state index in [1.165, 1.54) is 12.3 Å². The molecule has 4 nitrogen and oxygen atoms in total. The number of aromatic nitrogens is 1. The average molecular weight is 263 g/mol. The maximum atomic E-state index is 13.1. The number of fused-ring (bicyclic) bond motifs is 1. The fourth-order valence-corrected chi connectivity index (χ4v) is 3.34. The van der Waals surface area contributed by atoms with Gasteiger partial charge in [-0.15, -0.1) is 0 Å². The van der Waals surface area contributed by atoms with Crippen molar-refractivity contribution in [1.29, 1.82) is 0 Å². The Kier molecular flexibility index (Phi) is 3.22. The van der Waals surface area contributed by atoms with Crippen LogP contribution in [0.1, 0.15) is 29.6 Å². The van der Waals surface area contributed by atoms with Crippen molar-refractivity contribution in [3.63, 3.8) is 0 Å². The largest absolute Gasteiger partial charge is 0.338 e. The number of amides is 1. The molecule has 1 aliphatic carbocycles. The first kappa shape index (κ1) is 12.5. The van der Waals surface area contributed by atoms with E-state index in [0.717, 1.165) is 38.5 Å². The highest BCUT2D eigenvalue weighted by Gasteiger charge is 2.38. The highest BCUT2D eigenvalue weighted by atomic mass is 19.1. The number of likely N-dealkylation sites (tertiary alicyclic amines) is 1. The smallest absolute Gasteiger partial charge is 0.255 e. The van der Waals surface area contributed by atoms with Gasteiger partial charge in [-0.3, -0.25) is 9.78 Å². The molecule has 2 aliphatic rings. The Morgan fingerprint density at radius 3 is 2.89 bits per heavy atom. The van der Waals surface area contributed by atoms with Crippen LogP contribution >= 0.6 is 0 Å². The van der Waals surface area contributed by atoms with Crippen LogP contribution in [0.5, 0.6) is 0 Å². The summed E-state index contributed by atoms with van der Waals surface area (Å²) in [5, 5.41) is 0. The Bertz CT molecular complexity index is 493. The maximum absolute atomic E-state index is 13.1. The van der Waals surface area contributed by atoms with Crippen molar-refractivity contribution in [1.82, 2.24) is 9.88 Å². The third kappa shape index (κ3) is 2.47. The quantitative estimate of drug-likeness (QED) is 0.833. The van der Waals surface area contributed by atoms with Crippen molar-refractivity contribution in [3.8, 4) is 0 Å². The third-order valence-electron chi connectivity index (χ3n) is 4.33. The highest BCUT2D eigenvalue weighted by molar-refractivity contribution is 5.94. The fourth-order valence-electron chi connectivity index (χ4n) is 3.34. The average Bonchev–Trinajstić information content (AvgIpc) is 2.80. The first-order chi connectivity index (χ1) is 9.13. The van der Waals surface area contributed by atoms with Crippen molar-refractivity contribution >= 4 is 5.91 Å². The zero-order valence-electron chi connectivity index (χ0n) is 10.8. The Balaban J connectivity index is 1.72. The number of carbonyl (C=O) groups is 1. The highest BCUT2D eigenvalue weighted by Crippen LogP contribution is 2.36. The second kappa shape index (κ2) is 4.89. The van der Waals surface area contributed by atoms with Crippen molar-refractivity contribution < 1.29 is 9.18 Å². The van der Waals surface area contributed by atoms with Gasteiger partial charge in [0.05, 0.1) is 11.8 Å². The molecule has 3 rings (SSSR count). The summed E-state index contributed by atoms with van der Waals surface area (Å²) in [5.74, 6) is 0.485. The number of hydrogen-bond donors (Lipinski definition) is 1. The topological polar surface area (TPSA) is 59.2 Å². The molecule has 0 spiro atoms. The summed E-state index contributed by atoms with van der Waals surface area (Å²) in [7, 11) is 0. The molecule has 3 atom stereocenters. The molecule has 1 unspecified atom stereocenters. The number of nitrogens with zero attached hydrogens (tertiary/aromatic N) is 2. The lowest BCUT2D eigenvalue weighted by molar-refractivity contribution is 0.0783. The number of pyridine rings is 1. The van der Waals surface area contributed by atoms with Gasteiger partial charge in [0.1, 0.15) is 5.82 Å². The molecule has 1 amide bonds. The van der Waals surface area contributed by atoms with Gasteiger partial charge in [-0.05, 0) is 37.2 Å². The van der Waals surface area contributed by atoms with Gasteiger partial charge in [-0.25, -0.2) is 4.39 Å². The summed E-state index contributed by atoms with van der Waals surface area (Å²) < 4.78 is 13.1. The molecule has 102 valence electrons. The monoisotopic (exact) mass is 263 g/mol. The molecule has 1 aliphatic heterocycles. The van der Waals surface area contributed by atoms with Gasteiger partial charge >= 0.3 is 0 Å². The molecular weight excluding hydrogens is 245 g/mol. The first-order valence-corrected chi connectivity index (χ1v) is 6.79. The van der Waals surface area contributed by atoms with Crippen LogP contribution in [0.4, 0.5) is 4.39 Å². The van der Waals surface area contributed by atoms with E-state index in [0.29, 0.717) is 17.4 Å². The summed E-state index contributed by atoms with van der Waals surface area (Å²) in [6.07, 6.45) is 5.68. The normalized spacial score (nSPS) is 30.2. The van der Waals surface area contributed by atoms with Crippen molar-refractivity contribution in [2.24, 2.45) is 17.6 Å². The minimum absolute atomic E-state index is 0.116. The van der Waals surface area contributed by atoms with E-state index in [1.807, 2.05) is 4.90 Å². The van der Waals surface area contributed by atoms with Crippen LogP contribution in [0.2, 0.25) is 0 Å². The molecule has 2 heterocycles. The predicted molar refractivity (Wildman–Crippen MR) is 68.9 cm³/mol. The van der Waals surface area contributed by atoms with Gasteiger partial charge in [0.2, 0.25) is 0 Å². The number of carbonyl (C=O) groups excluding carboxylic acids is 1. The Morgan fingerprint density at radius 1 is 1.32 bits per heavy atom. The van der Waals surface area contributed by atoms with Crippen LogP contribution in [0, 0.1) is 17.7 Å². The molecule has 1 saturated carbocycles. The second-order valence-electron chi connectivity index (χ2n) is 5.70. The molecule has 0 bridgehead atoms. The van der Waals surface area contributed by atoms with Gasteiger partial charge in [-0.1, -0.05) is 0 Å². The fraction of sp³-hybridized carbons (Fsp3) is 0.571. The lowest BCUT2D eigenvalue weighted by Gasteiger charge is -2.27. The van der Waals surface area contributed by atoms with Crippen LogP contribution in [0.3, 0.4) is 0 Å². The van der Waals surface area contributed by atoms with Crippen molar-refractivity contribution in [2.75, 3.05) is 13.1 Å². The van der Waals surface area contributed by atoms with Crippen LogP contribution in [0.15, 0.2) is 18.5 Å². The minimum atomic E-state index is -0.468. The summed E-state index contributed by atoms with van der Waals surface area (Å²) in [5.41, 5.74) is 6.32. The molecule has 2 N–H and O–H groups in total. The number of nitrogens with two attached hydrogens (primary N) is 1. The van der Waals surface area contributed by atoms with E-state index in [4.69, 9.17) is 5.73 Å². The molecule has 1 aromatic rings. The number of halogens is 1. The molecule has 2 fully saturated rings. The predicted octanol–water partition coefficient (Wildman–Crippen LogP) is 1.42. The SMILES string of the molecule is NC1CC[C@@H]2CN(C(=O)c3cncc(F)c3)C[C@@H]2C1. The molecule has 19 heavy (non-hydrogen) atoms. The molecule has 0 radical (unpaired) electrons. The van der Waals surface area contributed by atoms with Gasteiger partial charge in [-0.2, -0.15) is 0 Å². The zero-order chi connectivity index (χ0) is 13.4. The van der Waals surface area contributed by atoms with E-state index in [1.54, 1.807) is 0 Å². The van der Waals surface area contributed by atoms with Crippen molar-refractivity contribution in [3.05, 3.63) is 29.8 Å². The number of hydrogen-bond acceptors (Lipinski definition) is 3. The summed E-state index contributed by atoms with van der Waals surface area (Å²) in [6.45, 7) is 1.51. The first-order valence-electron chi connectivity index (χ1n) is 6.79. The van der Waals surface area contributed by atoms with Crippen LogP contribution in [-0.2, 0) is 0 Å². The Hall–Kier alpha value is -1.49. The number of rotatable bonds is 1. The maximum Gasteiger partial charge on any atom is 0.255 e. The molecule has 1 aromatic heterocycles. The lowest BCUT2D eigenvalue weighted by atomic mass is 9.79. The molecule has 5 heteroatoms. The van der Waals surface area contributed by atoms with Crippen LogP contribution in [-0.4, -0.2) is 34.9 Å². The van der Waals surface area contributed by atoms with Crippen LogP contribution in [0.25, 0.3) is 0 Å². The van der Waals surface area contributed by atoms with Crippen molar-refractivity contribution in [2.45, 2.75) is 25.3 Å². The lowest BCUT2D eigenvalue weighted by Crippen LogP contribution is -2.32. The van der Waals surface area contributed by atoms with E-state index < -0.39 is 5.82 Å². The van der Waals surface area contributed by atoms with E-state index in [2.05, 4.69) is 4.98 Å². The second-order valence-corrected chi connectivity index (χ2v) is 5.70. The Morgan fingerprint density at radius 2 is 2.11 bits per heavy atom. The summed E-state index contributed by atoms with van der Waals surface area (Å²) in [4.78, 5) is 17.9. The Labute approximate surface area is 111 Å². The van der Waals surface area contributed by atoms with E-state index >= 15 is 0 Å². The van der Waals surface area contributed by atoms with E-state index in [-0.39, 0.29) is 11.9 Å². The van der Waals surface area contributed by atoms with Gasteiger partial charge in [0.15, 0.2) is 0 Å². The van der Waals surface area contributed by atoms with Gasteiger partial charge in [0.25, 0.3) is 5.91 Å².